The smallest absolute Gasteiger partial charge is 0.130 e. The van der Waals surface area contributed by atoms with E-state index in [1.165, 1.54) is 5.56 Å². The first kappa shape index (κ1) is 16.5. The topological polar surface area (TPSA) is 29.9 Å². The van der Waals surface area contributed by atoms with Crippen molar-refractivity contribution in [1.82, 2.24) is 15.1 Å². The van der Waals surface area contributed by atoms with E-state index in [2.05, 4.69) is 57.5 Å². The van der Waals surface area contributed by atoms with Gasteiger partial charge >= 0.3 is 0 Å². The van der Waals surface area contributed by atoms with Crippen molar-refractivity contribution < 1.29 is 0 Å². The van der Waals surface area contributed by atoms with Gasteiger partial charge in [-0.2, -0.15) is 5.10 Å². The second-order valence-electron chi connectivity index (χ2n) is 5.24. The predicted octanol–water partition coefficient (Wildman–Crippen LogP) is 4.08. The zero-order valence-electron chi connectivity index (χ0n) is 12.7. The Bertz CT molecular complexity index is 592. The first-order valence-electron chi connectivity index (χ1n) is 7.17. The molecule has 1 N–H and O–H groups in total. The van der Waals surface area contributed by atoms with Crippen LogP contribution in [0.15, 0.2) is 28.7 Å². The van der Waals surface area contributed by atoms with Crippen molar-refractivity contribution >= 4 is 27.5 Å². The van der Waals surface area contributed by atoms with Crippen LogP contribution in [0.25, 0.3) is 0 Å². The minimum Gasteiger partial charge on any atom is -0.316 e. The zero-order chi connectivity index (χ0) is 15.4. The molecule has 21 heavy (non-hydrogen) atoms. The molecular weight excluding hydrogens is 350 g/mol. The lowest BCUT2D eigenvalue weighted by Gasteiger charge is -2.18. The van der Waals surface area contributed by atoms with Crippen molar-refractivity contribution in [1.29, 1.82) is 0 Å². The molecule has 0 bridgehead atoms. The molecule has 2 rings (SSSR count). The Morgan fingerprint density at radius 3 is 2.52 bits per heavy atom. The minimum absolute atomic E-state index is 0.387. The molecular formula is C16H21BrClN3. The quantitative estimate of drug-likeness (QED) is 0.830. The van der Waals surface area contributed by atoms with Crippen LogP contribution < -0.4 is 5.32 Å². The fourth-order valence-corrected chi connectivity index (χ4v) is 3.03. The number of hydrogen-bond acceptors (Lipinski definition) is 2. The second kappa shape index (κ2) is 7.43. The summed E-state index contributed by atoms with van der Waals surface area (Å²) in [5.41, 5.74) is 3.48. The number of rotatable bonds is 6. The van der Waals surface area contributed by atoms with Crippen LogP contribution in [0.1, 0.15) is 29.7 Å². The Morgan fingerprint density at radius 2 is 2.00 bits per heavy atom. The van der Waals surface area contributed by atoms with Crippen LogP contribution in [0.2, 0.25) is 5.15 Å². The normalized spacial score (nSPS) is 12.6. The molecule has 3 nitrogen and oxygen atoms in total. The van der Waals surface area contributed by atoms with Crippen LogP contribution in [0.4, 0.5) is 0 Å². The van der Waals surface area contributed by atoms with Crippen LogP contribution in [-0.2, 0) is 13.5 Å². The monoisotopic (exact) mass is 369 g/mol. The summed E-state index contributed by atoms with van der Waals surface area (Å²) in [5, 5.41) is 8.60. The number of likely N-dealkylation sites (N-methyl/N-ethyl adjacent to an activating group) is 1. The van der Waals surface area contributed by atoms with Crippen molar-refractivity contribution in [3.63, 3.8) is 0 Å². The number of halogens is 2. The lowest BCUT2D eigenvalue weighted by atomic mass is 9.92. The standard InChI is InChI=1S/C16H21BrClN3/c1-4-19-10-13(12-5-7-14(17)8-6-12)9-15-11(2)20-21(3)16(15)18/h5-8,13,19H,4,9-10H2,1-3H3. The Labute approximate surface area is 139 Å². The molecule has 0 fully saturated rings. The van der Waals surface area contributed by atoms with Gasteiger partial charge in [-0.1, -0.05) is 46.6 Å². The lowest BCUT2D eigenvalue weighted by Crippen LogP contribution is -2.22. The van der Waals surface area contributed by atoms with Gasteiger partial charge in [0.2, 0.25) is 0 Å². The summed E-state index contributed by atoms with van der Waals surface area (Å²) >= 11 is 9.87. The third kappa shape index (κ3) is 4.09. The lowest BCUT2D eigenvalue weighted by molar-refractivity contribution is 0.594. The van der Waals surface area contributed by atoms with Gasteiger partial charge in [-0.05, 0) is 37.6 Å². The Morgan fingerprint density at radius 1 is 1.33 bits per heavy atom. The number of nitrogens with zero attached hydrogens (tertiary/aromatic N) is 2. The number of benzene rings is 1. The molecule has 1 unspecified atom stereocenters. The molecule has 0 amide bonds. The third-order valence-electron chi connectivity index (χ3n) is 3.70. The third-order valence-corrected chi connectivity index (χ3v) is 4.70. The highest BCUT2D eigenvalue weighted by atomic mass is 79.9. The summed E-state index contributed by atoms with van der Waals surface area (Å²) in [6, 6.07) is 8.52. The largest absolute Gasteiger partial charge is 0.316 e. The van der Waals surface area contributed by atoms with Crippen LogP contribution in [-0.4, -0.2) is 22.9 Å². The molecule has 1 aromatic carbocycles. The van der Waals surface area contributed by atoms with Crippen molar-refractivity contribution in [2.45, 2.75) is 26.2 Å². The molecule has 5 heteroatoms. The van der Waals surface area contributed by atoms with E-state index in [9.17, 15) is 0 Å². The number of hydrogen-bond donors (Lipinski definition) is 1. The van der Waals surface area contributed by atoms with E-state index < -0.39 is 0 Å². The molecule has 1 heterocycles. The summed E-state index contributed by atoms with van der Waals surface area (Å²) < 4.78 is 2.85. The summed E-state index contributed by atoms with van der Waals surface area (Å²) in [6.45, 7) is 6.05. The van der Waals surface area contributed by atoms with E-state index in [-0.39, 0.29) is 0 Å². The summed E-state index contributed by atoms with van der Waals surface area (Å²) in [5.74, 6) is 0.387. The van der Waals surface area contributed by atoms with Gasteiger partial charge in [0.25, 0.3) is 0 Å². The van der Waals surface area contributed by atoms with Gasteiger partial charge in [0.15, 0.2) is 0 Å². The van der Waals surface area contributed by atoms with Crippen LogP contribution >= 0.6 is 27.5 Å². The summed E-state index contributed by atoms with van der Waals surface area (Å²) in [7, 11) is 1.89. The van der Waals surface area contributed by atoms with E-state index in [4.69, 9.17) is 11.6 Å². The van der Waals surface area contributed by atoms with E-state index in [0.717, 1.165) is 40.4 Å². The number of aromatic nitrogens is 2. The van der Waals surface area contributed by atoms with Gasteiger partial charge < -0.3 is 5.32 Å². The van der Waals surface area contributed by atoms with E-state index in [1.807, 2.05) is 14.0 Å². The van der Waals surface area contributed by atoms with Crippen molar-refractivity contribution in [2.24, 2.45) is 7.05 Å². The molecule has 2 aromatic rings. The van der Waals surface area contributed by atoms with Crippen molar-refractivity contribution in [2.75, 3.05) is 13.1 Å². The minimum atomic E-state index is 0.387. The summed E-state index contributed by atoms with van der Waals surface area (Å²) in [6.07, 6.45) is 0.896. The SMILES string of the molecule is CCNCC(Cc1c(C)nn(C)c1Cl)c1ccc(Br)cc1. The van der Waals surface area contributed by atoms with Gasteiger partial charge in [-0.3, -0.25) is 4.68 Å². The molecule has 0 radical (unpaired) electrons. The molecule has 0 aliphatic heterocycles. The molecule has 1 atom stereocenters. The maximum atomic E-state index is 6.38. The van der Waals surface area contributed by atoms with E-state index in [0.29, 0.717) is 5.92 Å². The maximum absolute atomic E-state index is 6.38. The Balaban J connectivity index is 2.25. The van der Waals surface area contributed by atoms with E-state index in [1.54, 1.807) is 4.68 Å². The zero-order valence-corrected chi connectivity index (χ0v) is 15.0. The van der Waals surface area contributed by atoms with Gasteiger partial charge in [-0.25, -0.2) is 0 Å². The highest BCUT2D eigenvalue weighted by Crippen LogP contribution is 2.27. The number of nitrogens with one attached hydrogen (secondary N) is 1. The Kier molecular flexibility index (Phi) is 5.85. The molecule has 0 aliphatic carbocycles. The highest BCUT2D eigenvalue weighted by Gasteiger charge is 2.18. The molecule has 0 aliphatic rings. The second-order valence-corrected chi connectivity index (χ2v) is 6.51. The maximum Gasteiger partial charge on any atom is 0.130 e. The van der Waals surface area contributed by atoms with Crippen LogP contribution in [0, 0.1) is 6.92 Å². The molecule has 0 saturated heterocycles. The van der Waals surface area contributed by atoms with Crippen LogP contribution in [0.3, 0.4) is 0 Å². The average molecular weight is 371 g/mol. The first-order valence-corrected chi connectivity index (χ1v) is 8.34. The molecule has 0 saturated carbocycles. The fraction of sp³-hybridized carbons (Fsp3) is 0.438. The van der Waals surface area contributed by atoms with Gasteiger partial charge in [0, 0.05) is 29.5 Å². The van der Waals surface area contributed by atoms with Crippen LogP contribution in [0.5, 0.6) is 0 Å². The predicted molar refractivity (Wildman–Crippen MR) is 92.1 cm³/mol. The number of aryl methyl sites for hydroxylation is 2. The fourth-order valence-electron chi connectivity index (χ4n) is 2.51. The molecule has 114 valence electrons. The van der Waals surface area contributed by atoms with Crippen molar-refractivity contribution in [3.05, 3.63) is 50.7 Å². The van der Waals surface area contributed by atoms with Crippen molar-refractivity contribution in [3.8, 4) is 0 Å². The van der Waals surface area contributed by atoms with E-state index >= 15 is 0 Å². The van der Waals surface area contributed by atoms with Gasteiger partial charge in [0.05, 0.1) is 5.69 Å². The molecule has 0 spiro atoms. The van der Waals surface area contributed by atoms with Gasteiger partial charge in [0.1, 0.15) is 5.15 Å². The van der Waals surface area contributed by atoms with Gasteiger partial charge in [-0.15, -0.1) is 0 Å². The first-order chi connectivity index (χ1) is 10.0. The highest BCUT2D eigenvalue weighted by molar-refractivity contribution is 9.10. The Hall–Kier alpha value is -0.840. The average Bonchev–Trinajstić information content (AvgIpc) is 2.70. The summed E-state index contributed by atoms with van der Waals surface area (Å²) in [4.78, 5) is 0. The molecule has 1 aromatic heterocycles.